The van der Waals surface area contributed by atoms with Gasteiger partial charge in [-0.1, -0.05) is 38.1 Å². The SMILES string of the molecule is CCCC#CCC(C)[C@@H](O)/C=C/[C@H]1CCC(=O)N1CCc1ccc(C(=O)O)cc1. The number of amides is 1. The Balaban J connectivity index is 1.89. The van der Waals surface area contributed by atoms with Crippen LogP contribution in [0.5, 0.6) is 0 Å². The zero-order chi connectivity index (χ0) is 21.2. The normalized spacial score (nSPS) is 18.5. The first kappa shape index (κ1) is 22.7. The van der Waals surface area contributed by atoms with Gasteiger partial charge in [-0.2, -0.15) is 0 Å². The zero-order valence-corrected chi connectivity index (χ0v) is 17.3. The van der Waals surface area contributed by atoms with Crippen LogP contribution in [0, 0.1) is 17.8 Å². The molecule has 0 spiro atoms. The molecule has 3 atom stereocenters. The molecule has 1 aliphatic rings. The molecule has 0 saturated carbocycles. The molecule has 156 valence electrons. The summed E-state index contributed by atoms with van der Waals surface area (Å²) in [5, 5.41) is 19.3. The van der Waals surface area contributed by atoms with Gasteiger partial charge in [-0.05, 0) is 42.9 Å². The van der Waals surface area contributed by atoms with Crippen LogP contribution in [0.15, 0.2) is 36.4 Å². The summed E-state index contributed by atoms with van der Waals surface area (Å²) in [7, 11) is 0. The number of likely N-dealkylation sites (tertiary alicyclic amines) is 1. The molecule has 0 bridgehead atoms. The van der Waals surface area contributed by atoms with Crippen molar-refractivity contribution in [1.82, 2.24) is 4.90 Å². The highest BCUT2D eigenvalue weighted by atomic mass is 16.4. The maximum absolute atomic E-state index is 12.3. The third-order valence-corrected chi connectivity index (χ3v) is 5.25. The van der Waals surface area contributed by atoms with E-state index in [0.29, 0.717) is 25.8 Å². The van der Waals surface area contributed by atoms with Gasteiger partial charge >= 0.3 is 5.97 Å². The van der Waals surface area contributed by atoms with Crippen LogP contribution in [0.25, 0.3) is 0 Å². The molecule has 1 aromatic carbocycles. The maximum Gasteiger partial charge on any atom is 0.335 e. The molecule has 1 aliphatic heterocycles. The van der Waals surface area contributed by atoms with Gasteiger partial charge in [0.15, 0.2) is 0 Å². The fourth-order valence-corrected chi connectivity index (χ4v) is 3.31. The monoisotopic (exact) mass is 397 g/mol. The van der Waals surface area contributed by atoms with Crippen molar-refractivity contribution in [2.75, 3.05) is 6.54 Å². The summed E-state index contributed by atoms with van der Waals surface area (Å²) in [4.78, 5) is 25.1. The third kappa shape index (κ3) is 7.07. The lowest BCUT2D eigenvalue weighted by Gasteiger charge is -2.23. The molecule has 5 heteroatoms. The number of aliphatic hydroxyl groups is 1. The van der Waals surface area contributed by atoms with E-state index in [4.69, 9.17) is 5.11 Å². The minimum absolute atomic E-state index is 0.00572. The predicted molar refractivity (Wildman–Crippen MR) is 113 cm³/mol. The van der Waals surface area contributed by atoms with Crippen LogP contribution < -0.4 is 0 Å². The summed E-state index contributed by atoms with van der Waals surface area (Å²) in [6.45, 7) is 4.65. The smallest absolute Gasteiger partial charge is 0.335 e. The molecule has 1 saturated heterocycles. The minimum Gasteiger partial charge on any atom is -0.478 e. The number of hydrogen-bond donors (Lipinski definition) is 2. The number of hydrogen-bond acceptors (Lipinski definition) is 3. The summed E-state index contributed by atoms with van der Waals surface area (Å²) in [5.74, 6) is 5.44. The van der Waals surface area contributed by atoms with Crippen molar-refractivity contribution in [1.29, 1.82) is 0 Å². The first-order valence-electron chi connectivity index (χ1n) is 10.4. The number of carbonyl (C=O) groups is 2. The van der Waals surface area contributed by atoms with Gasteiger partial charge in [0.25, 0.3) is 0 Å². The average molecular weight is 398 g/mol. The van der Waals surface area contributed by atoms with E-state index < -0.39 is 12.1 Å². The van der Waals surface area contributed by atoms with E-state index in [1.165, 1.54) is 0 Å². The molecule has 5 nitrogen and oxygen atoms in total. The van der Waals surface area contributed by atoms with E-state index in [1.54, 1.807) is 30.3 Å². The molecular weight excluding hydrogens is 366 g/mol. The summed E-state index contributed by atoms with van der Waals surface area (Å²) in [6.07, 6.45) is 7.69. The second-order valence-corrected chi connectivity index (χ2v) is 7.61. The van der Waals surface area contributed by atoms with Crippen LogP contribution in [0.1, 0.15) is 61.9 Å². The largest absolute Gasteiger partial charge is 0.478 e. The van der Waals surface area contributed by atoms with E-state index in [0.717, 1.165) is 24.8 Å². The van der Waals surface area contributed by atoms with Crippen LogP contribution in [-0.4, -0.2) is 45.7 Å². The van der Waals surface area contributed by atoms with E-state index in [1.807, 2.05) is 17.9 Å². The highest BCUT2D eigenvalue weighted by Crippen LogP contribution is 2.21. The van der Waals surface area contributed by atoms with Gasteiger partial charge in [0.1, 0.15) is 0 Å². The van der Waals surface area contributed by atoms with Gasteiger partial charge in [-0.15, -0.1) is 11.8 Å². The third-order valence-electron chi connectivity index (χ3n) is 5.25. The van der Waals surface area contributed by atoms with Crippen LogP contribution in [0.2, 0.25) is 0 Å². The number of aromatic carboxylic acids is 1. The number of benzene rings is 1. The highest BCUT2D eigenvalue weighted by molar-refractivity contribution is 5.87. The van der Waals surface area contributed by atoms with Gasteiger partial charge in [-0.25, -0.2) is 4.79 Å². The molecule has 29 heavy (non-hydrogen) atoms. The Morgan fingerprint density at radius 1 is 1.31 bits per heavy atom. The van der Waals surface area contributed by atoms with Gasteiger partial charge in [0.2, 0.25) is 5.91 Å². The van der Waals surface area contributed by atoms with Crippen LogP contribution in [0.4, 0.5) is 0 Å². The Kier molecular flexibility index (Phi) is 8.95. The number of rotatable bonds is 9. The first-order valence-corrected chi connectivity index (χ1v) is 10.4. The summed E-state index contributed by atoms with van der Waals surface area (Å²) >= 11 is 0. The van der Waals surface area contributed by atoms with E-state index in [9.17, 15) is 14.7 Å². The number of carbonyl (C=O) groups excluding carboxylic acids is 1. The van der Waals surface area contributed by atoms with E-state index in [2.05, 4.69) is 18.8 Å². The number of carboxylic acids is 1. The standard InChI is InChI=1S/C24H31NO4/c1-3-4-5-6-7-18(2)22(26)14-12-21-13-15-23(27)25(21)17-16-19-8-10-20(11-9-19)24(28)29/h8-12,14,18,21-22,26H,3-4,7,13,15-17H2,1-2H3,(H,28,29)/b14-12+/t18?,21-,22-/m0/s1. The molecule has 2 rings (SSSR count). The maximum atomic E-state index is 12.3. The van der Waals surface area contributed by atoms with Crippen molar-refractivity contribution in [3.05, 3.63) is 47.5 Å². The molecule has 0 aliphatic carbocycles. The first-order chi connectivity index (χ1) is 13.9. The molecule has 1 fully saturated rings. The van der Waals surface area contributed by atoms with E-state index in [-0.39, 0.29) is 23.4 Å². The molecule has 0 radical (unpaired) electrons. The van der Waals surface area contributed by atoms with Crippen LogP contribution in [-0.2, 0) is 11.2 Å². The lowest BCUT2D eigenvalue weighted by atomic mass is 9.99. The predicted octanol–water partition coefficient (Wildman–Crippen LogP) is 3.67. The quantitative estimate of drug-likeness (QED) is 0.492. The number of unbranched alkanes of at least 4 members (excludes halogenated alkanes) is 1. The number of carboxylic acid groups (broad SMARTS) is 1. The molecule has 2 N–H and O–H groups in total. The second-order valence-electron chi connectivity index (χ2n) is 7.61. The second kappa shape index (κ2) is 11.4. The molecule has 1 aromatic rings. The Bertz CT molecular complexity index is 772. The topological polar surface area (TPSA) is 77.8 Å². The number of aliphatic hydroxyl groups excluding tert-OH is 1. The Morgan fingerprint density at radius 2 is 2.03 bits per heavy atom. The van der Waals surface area contributed by atoms with Gasteiger partial charge < -0.3 is 15.1 Å². The fourth-order valence-electron chi connectivity index (χ4n) is 3.31. The Labute approximate surface area is 173 Å². The fraction of sp³-hybridized carbons (Fsp3) is 0.500. The van der Waals surface area contributed by atoms with Crippen molar-refractivity contribution in [3.63, 3.8) is 0 Å². The lowest BCUT2D eigenvalue weighted by molar-refractivity contribution is -0.128. The molecule has 1 amide bonds. The van der Waals surface area contributed by atoms with Crippen LogP contribution >= 0.6 is 0 Å². The Morgan fingerprint density at radius 3 is 2.69 bits per heavy atom. The summed E-state index contributed by atoms with van der Waals surface area (Å²) in [5.41, 5.74) is 1.26. The molecule has 1 unspecified atom stereocenters. The minimum atomic E-state index is -0.944. The highest BCUT2D eigenvalue weighted by Gasteiger charge is 2.28. The Hall–Kier alpha value is -2.58. The van der Waals surface area contributed by atoms with Crippen molar-refractivity contribution < 1.29 is 19.8 Å². The van der Waals surface area contributed by atoms with Crippen molar-refractivity contribution >= 4 is 11.9 Å². The van der Waals surface area contributed by atoms with Gasteiger partial charge in [-0.3, -0.25) is 4.79 Å². The van der Waals surface area contributed by atoms with Gasteiger partial charge in [0, 0.05) is 25.8 Å². The van der Waals surface area contributed by atoms with E-state index >= 15 is 0 Å². The van der Waals surface area contributed by atoms with Crippen LogP contribution in [0.3, 0.4) is 0 Å². The molecule has 1 heterocycles. The average Bonchev–Trinajstić information content (AvgIpc) is 3.07. The lowest BCUT2D eigenvalue weighted by Crippen LogP contribution is -2.34. The van der Waals surface area contributed by atoms with Gasteiger partial charge in [0.05, 0.1) is 17.7 Å². The molecular formula is C24H31NO4. The molecule has 0 aromatic heterocycles. The summed E-state index contributed by atoms with van der Waals surface area (Å²) < 4.78 is 0. The van der Waals surface area contributed by atoms with Crippen molar-refractivity contribution in [3.8, 4) is 11.8 Å². The zero-order valence-electron chi connectivity index (χ0n) is 17.3. The summed E-state index contributed by atoms with van der Waals surface area (Å²) in [6, 6.07) is 6.75. The number of nitrogens with zero attached hydrogens (tertiary/aromatic N) is 1. The van der Waals surface area contributed by atoms with Crippen molar-refractivity contribution in [2.24, 2.45) is 5.92 Å². The van der Waals surface area contributed by atoms with Crippen molar-refractivity contribution in [2.45, 2.75) is 64.5 Å².